The first kappa shape index (κ1) is 18.9. The number of rotatable bonds is 5. The lowest BCUT2D eigenvalue weighted by Crippen LogP contribution is -2.54. The minimum Gasteiger partial charge on any atom is -0.354 e. The Morgan fingerprint density at radius 1 is 1.27 bits per heavy atom. The first-order valence-corrected chi connectivity index (χ1v) is 10.1. The van der Waals surface area contributed by atoms with Gasteiger partial charge in [-0.3, -0.25) is 14.5 Å². The van der Waals surface area contributed by atoms with Crippen LogP contribution in [-0.4, -0.2) is 41.4 Å². The largest absolute Gasteiger partial charge is 0.354 e. The molecule has 1 saturated carbocycles. The van der Waals surface area contributed by atoms with Crippen LogP contribution in [0.25, 0.3) is 0 Å². The van der Waals surface area contributed by atoms with Gasteiger partial charge in [-0.2, -0.15) is 0 Å². The van der Waals surface area contributed by atoms with Crippen LogP contribution in [0.3, 0.4) is 0 Å². The number of allylic oxidation sites excluding steroid dienone is 1. The topological polar surface area (TPSA) is 78.5 Å². The molecule has 0 aromatic heterocycles. The van der Waals surface area contributed by atoms with Gasteiger partial charge < -0.3 is 10.6 Å². The van der Waals surface area contributed by atoms with Crippen LogP contribution in [0.1, 0.15) is 71.1 Å². The van der Waals surface area contributed by atoms with Crippen molar-refractivity contribution in [1.82, 2.24) is 15.5 Å². The number of carbonyl (C=O) groups is 3. The van der Waals surface area contributed by atoms with Crippen molar-refractivity contribution in [3.05, 3.63) is 11.6 Å². The van der Waals surface area contributed by atoms with Crippen LogP contribution in [0, 0.1) is 5.92 Å². The lowest BCUT2D eigenvalue weighted by atomic mass is 9.73. The summed E-state index contributed by atoms with van der Waals surface area (Å²) < 4.78 is 0. The highest BCUT2D eigenvalue weighted by Crippen LogP contribution is 2.38. The minimum atomic E-state index is -0.791. The van der Waals surface area contributed by atoms with Crippen LogP contribution in [0.4, 0.5) is 4.79 Å². The molecule has 2 atom stereocenters. The Morgan fingerprint density at radius 3 is 2.92 bits per heavy atom. The predicted molar refractivity (Wildman–Crippen MR) is 99.4 cm³/mol. The number of hydrogen-bond acceptors (Lipinski definition) is 3. The number of imide groups is 1. The van der Waals surface area contributed by atoms with Crippen molar-refractivity contribution in [1.29, 1.82) is 0 Å². The normalized spacial score (nSPS) is 29.3. The average molecular weight is 361 g/mol. The fourth-order valence-corrected chi connectivity index (χ4v) is 4.51. The molecule has 0 radical (unpaired) electrons. The molecular formula is C20H31N3O3. The Kier molecular flexibility index (Phi) is 5.99. The number of amides is 4. The van der Waals surface area contributed by atoms with Crippen molar-refractivity contribution in [3.63, 3.8) is 0 Å². The van der Waals surface area contributed by atoms with Gasteiger partial charge in [0.1, 0.15) is 12.1 Å². The minimum absolute atomic E-state index is 0.114. The third-order valence-corrected chi connectivity index (χ3v) is 6.21. The SMILES string of the molecule is C[C@@H]1CCCC[C@]12NC(=O)N(CC(=O)NCCC1=CCCCCC1)C2=O. The van der Waals surface area contributed by atoms with E-state index in [1.54, 1.807) is 0 Å². The van der Waals surface area contributed by atoms with Gasteiger partial charge in [0.05, 0.1) is 0 Å². The molecule has 0 aromatic carbocycles. The van der Waals surface area contributed by atoms with Gasteiger partial charge in [-0.1, -0.05) is 37.8 Å². The summed E-state index contributed by atoms with van der Waals surface area (Å²) in [5.74, 6) is -0.373. The van der Waals surface area contributed by atoms with Crippen LogP contribution in [-0.2, 0) is 9.59 Å². The Morgan fingerprint density at radius 2 is 2.12 bits per heavy atom. The molecule has 6 nitrogen and oxygen atoms in total. The number of carbonyl (C=O) groups excluding carboxylic acids is 3. The van der Waals surface area contributed by atoms with E-state index in [1.807, 2.05) is 6.92 Å². The van der Waals surface area contributed by atoms with Crippen LogP contribution >= 0.6 is 0 Å². The Balaban J connectivity index is 1.50. The van der Waals surface area contributed by atoms with E-state index in [4.69, 9.17) is 0 Å². The van der Waals surface area contributed by atoms with Gasteiger partial charge >= 0.3 is 6.03 Å². The van der Waals surface area contributed by atoms with Gasteiger partial charge in [0.15, 0.2) is 0 Å². The smallest absolute Gasteiger partial charge is 0.325 e. The fraction of sp³-hybridized carbons (Fsp3) is 0.750. The summed E-state index contributed by atoms with van der Waals surface area (Å²) in [6.45, 7) is 2.40. The molecule has 1 aliphatic heterocycles. The zero-order valence-corrected chi connectivity index (χ0v) is 15.8. The summed E-state index contributed by atoms with van der Waals surface area (Å²) in [4.78, 5) is 38.5. The second-order valence-electron chi connectivity index (χ2n) is 8.00. The maximum atomic E-state index is 12.9. The van der Waals surface area contributed by atoms with Crippen molar-refractivity contribution in [2.24, 2.45) is 5.92 Å². The maximum absolute atomic E-state index is 12.9. The lowest BCUT2D eigenvalue weighted by Gasteiger charge is -2.36. The zero-order chi connectivity index (χ0) is 18.6. The Labute approximate surface area is 155 Å². The van der Waals surface area contributed by atoms with Gasteiger partial charge in [-0.25, -0.2) is 4.79 Å². The molecule has 1 saturated heterocycles. The number of urea groups is 1. The molecule has 26 heavy (non-hydrogen) atoms. The molecule has 0 bridgehead atoms. The van der Waals surface area contributed by atoms with E-state index in [2.05, 4.69) is 16.7 Å². The molecule has 3 rings (SSSR count). The second-order valence-corrected chi connectivity index (χ2v) is 8.00. The number of nitrogens with zero attached hydrogens (tertiary/aromatic N) is 1. The second kappa shape index (κ2) is 8.23. The number of hydrogen-bond donors (Lipinski definition) is 2. The van der Waals surface area contributed by atoms with Gasteiger partial charge in [0.25, 0.3) is 5.91 Å². The van der Waals surface area contributed by atoms with Gasteiger partial charge in [0, 0.05) is 6.54 Å². The first-order chi connectivity index (χ1) is 12.5. The van der Waals surface area contributed by atoms with Crippen LogP contribution in [0.2, 0.25) is 0 Å². The van der Waals surface area contributed by atoms with Crippen molar-refractivity contribution in [2.75, 3.05) is 13.1 Å². The predicted octanol–water partition coefficient (Wildman–Crippen LogP) is 2.88. The molecule has 0 unspecified atom stereocenters. The Bertz CT molecular complexity index is 601. The molecule has 4 amide bonds. The highest BCUT2D eigenvalue weighted by molar-refractivity contribution is 6.09. The summed E-state index contributed by atoms with van der Waals surface area (Å²) in [6, 6.07) is -0.426. The number of nitrogens with one attached hydrogen (secondary N) is 2. The fourth-order valence-electron chi connectivity index (χ4n) is 4.51. The lowest BCUT2D eigenvalue weighted by molar-refractivity contribution is -0.137. The molecule has 1 spiro atoms. The van der Waals surface area contributed by atoms with E-state index in [-0.39, 0.29) is 24.3 Å². The first-order valence-electron chi connectivity index (χ1n) is 10.1. The van der Waals surface area contributed by atoms with Gasteiger partial charge in [-0.05, 0) is 50.9 Å². The van der Waals surface area contributed by atoms with E-state index in [1.165, 1.54) is 24.8 Å². The molecule has 1 heterocycles. The summed E-state index contributed by atoms with van der Waals surface area (Å²) in [6.07, 6.45) is 12.8. The Hall–Kier alpha value is -1.85. The van der Waals surface area contributed by atoms with Crippen molar-refractivity contribution in [3.8, 4) is 0 Å². The standard InChI is InChI=1S/C20H31N3O3/c1-15-8-6-7-12-20(15)18(25)23(19(26)22-20)14-17(24)21-13-11-16-9-4-2-3-5-10-16/h9,15H,2-8,10-14H2,1H3,(H,21,24)(H,22,26)/t15-,20+/m1/s1. The molecule has 2 N–H and O–H groups in total. The van der Waals surface area contributed by atoms with Crippen molar-refractivity contribution >= 4 is 17.8 Å². The van der Waals surface area contributed by atoms with Gasteiger partial charge in [-0.15, -0.1) is 0 Å². The summed E-state index contributed by atoms with van der Waals surface area (Å²) >= 11 is 0. The van der Waals surface area contributed by atoms with E-state index < -0.39 is 11.6 Å². The maximum Gasteiger partial charge on any atom is 0.325 e. The monoisotopic (exact) mass is 361 g/mol. The highest BCUT2D eigenvalue weighted by Gasteiger charge is 2.55. The quantitative estimate of drug-likeness (QED) is 0.584. The summed E-state index contributed by atoms with van der Waals surface area (Å²) in [5, 5.41) is 5.75. The van der Waals surface area contributed by atoms with Gasteiger partial charge in [0.2, 0.25) is 5.91 Å². The van der Waals surface area contributed by atoms with Crippen LogP contribution in [0.5, 0.6) is 0 Å². The third kappa shape index (κ3) is 3.94. The summed E-state index contributed by atoms with van der Waals surface area (Å²) in [5.41, 5.74) is 0.619. The van der Waals surface area contributed by atoms with E-state index in [0.29, 0.717) is 13.0 Å². The van der Waals surface area contributed by atoms with Crippen molar-refractivity contribution < 1.29 is 14.4 Å². The average Bonchev–Trinajstić information content (AvgIpc) is 2.80. The van der Waals surface area contributed by atoms with E-state index >= 15 is 0 Å². The molecule has 2 fully saturated rings. The van der Waals surface area contributed by atoms with E-state index in [0.717, 1.165) is 43.4 Å². The van der Waals surface area contributed by atoms with Crippen LogP contribution < -0.4 is 10.6 Å². The highest BCUT2D eigenvalue weighted by atomic mass is 16.2. The molecule has 144 valence electrons. The molecular weight excluding hydrogens is 330 g/mol. The molecule has 6 heteroatoms. The summed E-state index contributed by atoms with van der Waals surface area (Å²) in [7, 11) is 0. The van der Waals surface area contributed by atoms with Crippen molar-refractivity contribution in [2.45, 2.75) is 76.7 Å². The molecule has 0 aromatic rings. The molecule has 3 aliphatic rings. The third-order valence-electron chi connectivity index (χ3n) is 6.21. The zero-order valence-electron chi connectivity index (χ0n) is 15.8. The van der Waals surface area contributed by atoms with E-state index in [9.17, 15) is 14.4 Å². The van der Waals surface area contributed by atoms with Crippen LogP contribution in [0.15, 0.2) is 11.6 Å². The molecule has 2 aliphatic carbocycles.